The third-order valence-electron chi connectivity index (χ3n) is 2.70. The molecule has 0 atom stereocenters. The number of carbonyl (C=O) groups excluding carboxylic acids is 1. The molecule has 0 spiro atoms. The molecule has 1 fully saturated rings. The summed E-state index contributed by atoms with van der Waals surface area (Å²) >= 11 is 0. The Morgan fingerprint density at radius 2 is 2.33 bits per heavy atom. The van der Waals surface area contributed by atoms with E-state index in [0.717, 1.165) is 32.8 Å². The van der Waals surface area contributed by atoms with E-state index in [4.69, 9.17) is 9.47 Å². The van der Waals surface area contributed by atoms with Crippen molar-refractivity contribution in [2.45, 2.75) is 0 Å². The average molecular weight is 249 g/mol. The van der Waals surface area contributed by atoms with E-state index >= 15 is 0 Å². The molecule has 1 amide bonds. The molecule has 1 saturated heterocycles. The highest BCUT2D eigenvalue weighted by atomic mass is 16.5. The molecular weight excluding hydrogens is 232 g/mol. The summed E-state index contributed by atoms with van der Waals surface area (Å²) in [6, 6.07) is 9.95. The molecule has 0 aliphatic carbocycles. The number of anilines is 1. The maximum absolute atomic E-state index is 11.5. The van der Waals surface area contributed by atoms with Crippen LogP contribution in [0, 0.1) is 6.07 Å². The molecule has 0 bridgehead atoms. The molecule has 0 aromatic heterocycles. The van der Waals surface area contributed by atoms with Crippen molar-refractivity contribution in [2.75, 3.05) is 44.8 Å². The van der Waals surface area contributed by atoms with Crippen molar-refractivity contribution in [3.8, 4) is 0 Å². The third-order valence-corrected chi connectivity index (χ3v) is 2.70. The fourth-order valence-electron chi connectivity index (χ4n) is 1.72. The van der Waals surface area contributed by atoms with Crippen LogP contribution >= 0.6 is 0 Å². The van der Waals surface area contributed by atoms with Crippen molar-refractivity contribution in [1.82, 2.24) is 4.90 Å². The van der Waals surface area contributed by atoms with Crippen LogP contribution in [0.4, 0.5) is 10.5 Å². The molecule has 1 heterocycles. The second kappa shape index (κ2) is 6.98. The SMILES string of the molecule is O=C(Nc1c[c]ccc1)OCCN1CCOCC1. The lowest BCUT2D eigenvalue weighted by atomic mass is 10.3. The molecule has 0 unspecified atom stereocenters. The molecule has 1 radical (unpaired) electrons. The number of nitrogens with zero attached hydrogens (tertiary/aromatic N) is 1. The maximum atomic E-state index is 11.5. The summed E-state index contributed by atoms with van der Waals surface area (Å²) in [5, 5.41) is 2.64. The Bertz CT molecular complexity index is 364. The summed E-state index contributed by atoms with van der Waals surface area (Å²) in [6.07, 6.45) is -0.428. The zero-order valence-corrected chi connectivity index (χ0v) is 10.2. The Kier molecular flexibility index (Phi) is 4.99. The van der Waals surface area contributed by atoms with Gasteiger partial charge in [-0.25, -0.2) is 4.79 Å². The summed E-state index contributed by atoms with van der Waals surface area (Å²) < 4.78 is 10.3. The molecule has 1 aliphatic heterocycles. The highest BCUT2D eigenvalue weighted by molar-refractivity contribution is 5.84. The van der Waals surface area contributed by atoms with Gasteiger partial charge >= 0.3 is 6.09 Å². The number of amides is 1. The Labute approximate surface area is 107 Å². The zero-order valence-electron chi connectivity index (χ0n) is 10.2. The second-order valence-electron chi connectivity index (χ2n) is 4.01. The van der Waals surface area contributed by atoms with Gasteiger partial charge in [-0.15, -0.1) is 0 Å². The lowest BCUT2D eigenvalue weighted by molar-refractivity contribution is 0.0290. The van der Waals surface area contributed by atoms with Gasteiger partial charge in [-0.3, -0.25) is 10.2 Å². The van der Waals surface area contributed by atoms with Gasteiger partial charge in [0.05, 0.1) is 13.2 Å². The fourth-order valence-corrected chi connectivity index (χ4v) is 1.72. The molecule has 18 heavy (non-hydrogen) atoms. The Morgan fingerprint density at radius 3 is 3.06 bits per heavy atom. The van der Waals surface area contributed by atoms with Crippen molar-refractivity contribution in [3.05, 3.63) is 30.3 Å². The number of carbonyl (C=O) groups is 1. The number of morpholine rings is 1. The minimum Gasteiger partial charge on any atom is -0.448 e. The smallest absolute Gasteiger partial charge is 0.411 e. The highest BCUT2D eigenvalue weighted by Crippen LogP contribution is 2.04. The van der Waals surface area contributed by atoms with Crippen LogP contribution in [0.15, 0.2) is 24.3 Å². The molecule has 1 N–H and O–H groups in total. The molecule has 1 aromatic carbocycles. The van der Waals surface area contributed by atoms with Crippen molar-refractivity contribution in [1.29, 1.82) is 0 Å². The topological polar surface area (TPSA) is 50.8 Å². The van der Waals surface area contributed by atoms with Gasteiger partial charge in [0.15, 0.2) is 0 Å². The van der Waals surface area contributed by atoms with Gasteiger partial charge in [0.1, 0.15) is 6.61 Å². The van der Waals surface area contributed by atoms with E-state index in [-0.39, 0.29) is 0 Å². The van der Waals surface area contributed by atoms with E-state index in [1.54, 1.807) is 18.2 Å². The number of benzene rings is 1. The highest BCUT2D eigenvalue weighted by Gasteiger charge is 2.10. The first kappa shape index (κ1) is 12.9. The predicted molar refractivity (Wildman–Crippen MR) is 67.5 cm³/mol. The van der Waals surface area contributed by atoms with Crippen molar-refractivity contribution in [2.24, 2.45) is 0 Å². The summed E-state index contributed by atoms with van der Waals surface area (Å²) in [4.78, 5) is 13.7. The largest absolute Gasteiger partial charge is 0.448 e. The standard InChI is InChI=1S/C13H17N2O3/c16-13(14-12-4-2-1-3-5-12)18-11-8-15-6-9-17-10-7-15/h1-2,4-5H,6-11H2,(H,14,16). The Balaban J connectivity index is 1.62. The molecule has 2 rings (SSSR count). The molecule has 1 aliphatic rings. The molecule has 1 aromatic rings. The lowest BCUT2D eigenvalue weighted by Gasteiger charge is -2.26. The van der Waals surface area contributed by atoms with E-state index in [0.29, 0.717) is 12.3 Å². The van der Waals surface area contributed by atoms with Crippen LogP contribution in [-0.2, 0) is 9.47 Å². The first-order chi connectivity index (χ1) is 8.84. The van der Waals surface area contributed by atoms with Crippen LogP contribution in [0.5, 0.6) is 0 Å². The Hall–Kier alpha value is -1.59. The van der Waals surface area contributed by atoms with Gasteiger partial charge in [0.25, 0.3) is 0 Å². The molecule has 5 heteroatoms. The van der Waals surface area contributed by atoms with Gasteiger partial charge in [0, 0.05) is 25.3 Å². The van der Waals surface area contributed by atoms with Gasteiger partial charge in [-0.1, -0.05) is 12.1 Å². The normalized spacial score (nSPS) is 16.2. The third kappa shape index (κ3) is 4.35. The summed E-state index contributed by atoms with van der Waals surface area (Å²) in [5.41, 5.74) is 0.689. The second-order valence-corrected chi connectivity index (χ2v) is 4.01. The van der Waals surface area contributed by atoms with Crippen molar-refractivity contribution < 1.29 is 14.3 Å². The van der Waals surface area contributed by atoms with Gasteiger partial charge in [-0.2, -0.15) is 0 Å². The van der Waals surface area contributed by atoms with Crippen LogP contribution in [0.2, 0.25) is 0 Å². The number of ether oxygens (including phenoxy) is 2. The van der Waals surface area contributed by atoms with Crippen LogP contribution < -0.4 is 5.32 Å². The predicted octanol–water partition coefficient (Wildman–Crippen LogP) is 1.37. The minimum absolute atomic E-state index is 0.391. The van der Waals surface area contributed by atoms with E-state index in [2.05, 4.69) is 16.3 Å². The number of hydrogen-bond acceptors (Lipinski definition) is 4. The first-order valence-electron chi connectivity index (χ1n) is 6.04. The number of rotatable bonds is 4. The molecular formula is C13H17N2O3. The van der Waals surface area contributed by atoms with Crippen molar-refractivity contribution in [3.63, 3.8) is 0 Å². The fraction of sp³-hybridized carbons (Fsp3) is 0.462. The summed E-state index contributed by atoms with van der Waals surface area (Å²) in [6.45, 7) is 4.45. The number of hydrogen-bond donors (Lipinski definition) is 1. The van der Waals surface area contributed by atoms with E-state index in [1.165, 1.54) is 0 Å². The first-order valence-corrected chi connectivity index (χ1v) is 6.04. The van der Waals surface area contributed by atoms with Crippen molar-refractivity contribution >= 4 is 11.8 Å². The molecule has 97 valence electrons. The monoisotopic (exact) mass is 249 g/mol. The summed E-state index contributed by atoms with van der Waals surface area (Å²) in [7, 11) is 0. The zero-order chi connectivity index (χ0) is 12.6. The van der Waals surface area contributed by atoms with Crippen LogP contribution in [-0.4, -0.2) is 50.4 Å². The Morgan fingerprint density at radius 1 is 1.50 bits per heavy atom. The van der Waals surface area contributed by atoms with Crippen LogP contribution in [0.3, 0.4) is 0 Å². The number of nitrogens with one attached hydrogen (secondary N) is 1. The quantitative estimate of drug-likeness (QED) is 0.875. The van der Waals surface area contributed by atoms with Crippen LogP contribution in [0.1, 0.15) is 0 Å². The molecule has 0 saturated carbocycles. The average Bonchev–Trinajstić information content (AvgIpc) is 2.41. The molecule has 5 nitrogen and oxygen atoms in total. The van der Waals surface area contributed by atoms with Crippen LogP contribution in [0.25, 0.3) is 0 Å². The van der Waals surface area contributed by atoms with E-state index in [9.17, 15) is 4.79 Å². The summed E-state index contributed by atoms with van der Waals surface area (Å²) in [5.74, 6) is 0. The minimum atomic E-state index is -0.428. The van der Waals surface area contributed by atoms with Gasteiger partial charge < -0.3 is 9.47 Å². The van der Waals surface area contributed by atoms with Gasteiger partial charge in [0.2, 0.25) is 0 Å². The maximum Gasteiger partial charge on any atom is 0.411 e. The van der Waals surface area contributed by atoms with Gasteiger partial charge in [-0.05, 0) is 18.2 Å². The lowest BCUT2D eigenvalue weighted by Crippen LogP contribution is -2.38. The van der Waals surface area contributed by atoms with E-state index in [1.807, 2.05) is 6.07 Å². The van der Waals surface area contributed by atoms with E-state index < -0.39 is 6.09 Å².